The third-order valence-electron chi connectivity index (χ3n) is 3.64. The summed E-state index contributed by atoms with van der Waals surface area (Å²) in [7, 11) is 0. The second-order valence-corrected chi connectivity index (χ2v) is 7.32. The summed E-state index contributed by atoms with van der Waals surface area (Å²) in [6.45, 7) is 6.46. The van der Waals surface area contributed by atoms with Gasteiger partial charge in [0.1, 0.15) is 10.8 Å². The zero-order valence-electron chi connectivity index (χ0n) is 13.6. The molecule has 2 rings (SSSR count). The molecule has 1 fully saturated rings. The Hall–Kier alpha value is -1.82. The maximum atomic E-state index is 11.8. The first kappa shape index (κ1) is 17.5. The molecule has 7 heteroatoms. The highest BCUT2D eigenvalue weighted by molar-refractivity contribution is 6.29. The van der Waals surface area contributed by atoms with Crippen LogP contribution in [0.15, 0.2) is 18.3 Å². The van der Waals surface area contributed by atoms with Gasteiger partial charge in [-0.3, -0.25) is 4.79 Å². The Bertz CT molecular complexity index is 565. The van der Waals surface area contributed by atoms with Crippen molar-refractivity contribution in [3.05, 3.63) is 23.5 Å². The number of halogens is 1. The lowest BCUT2D eigenvalue weighted by atomic mass is 10.1. The minimum Gasteiger partial charge on any atom is -0.444 e. The van der Waals surface area contributed by atoms with Crippen LogP contribution in [0.2, 0.25) is 5.15 Å². The monoisotopic (exact) mass is 339 g/mol. The largest absolute Gasteiger partial charge is 0.444 e. The molecule has 0 saturated heterocycles. The van der Waals surface area contributed by atoms with Gasteiger partial charge in [-0.15, -0.1) is 0 Å². The molecule has 1 aliphatic carbocycles. The summed E-state index contributed by atoms with van der Waals surface area (Å²) < 4.78 is 5.23. The van der Waals surface area contributed by atoms with Gasteiger partial charge < -0.3 is 15.0 Å². The molecule has 0 atom stereocenters. The van der Waals surface area contributed by atoms with Crippen molar-refractivity contribution in [3.63, 3.8) is 0 Å². The molecule has 1 aliphatic rings. The van der Waals surface area contributed by atoms with E-state index in [9.17, 15) is 9.59 Å². The molecule has 126 valence electrons. The first-order valence-electron chi connectivity index (χ1n) is 7.53. The first-order chi connectivity index (χ1) is 10.7. The van der Waals surface area contributed by atoms with E-state index in [0.717, 1.165) is 19.3 Å². The molecular weight excluding hydrogens is 318 g/mol. The number of ether oxygens (including phenoxy) is 1. The molecule has 1 aromatic heterocycles. The fourth-order valence-corrected chi connectivity index (χ4v) is 2.34. The molecule has 0 radical (unpaired) electrons. The standard InChI is InChI=1S/C16H22ClN3O3/c1-15(2,3)23-14(22)19-9-16(6-7-16)10-20(11-21)12-4-5-13(17)18-8-12/h4-5,8,11H,6-7,9-10H2,1-3H3,(H,19,22). The molecule has 0 unspecified atom stereocenters. The number of carbonyl (C=O) groups excluding carboxylic acids is 2. The Labute approximate surface area is 141 Å². The van der Waals surface area contributed by atoms with Gasteiger partial charge in [-0.1, -0.05) is 11.6 Å². The molecule has 0 aliphatic heterocycles. The van der Waals surface area contributed by atoms with Crippen LogP contribution in [0, 0.1) is 5.41 Å². The summed E-state index contributed by atoms with van der Waals surface area (Å²) >= 11 is 5.76. The Kier molecular flexibility index (Phi) is 5.14. The number of alkyl carbamates (subject to hydrolysis) is 1. The number of nitrogens with zero attached hydrogens (tertiary/aromatic N) is 2. The molecule has 0 spiro atoms. The van der Waals surface area contributed by atoms with E-state index < -0.39 is 11.7 Å². The number of aromatic nitrogens is 1. The molecule has 6 nitrogen and oxygen atoms in total. The molecule has 1 heterocycles. The highest BCUT2D eigenvalue weighted by Gasteiger charge is 2.44. The van der Waals surface area contributed by atoms with E-state index in [4.69, 9.17) is 16.3 Å². The summed E-state index contributed by atoms with van der Waals surface area (Å²) in [5.41, 5.74) is 0.0649. The Morgan fingerprint density at radius 3 is 2.65 bits per heavy atom. The van der Waals surface area contributed by atoms with Crippen molar-refractivity contribution in [3.8, 4) is 0 Å². The highest BCUT2D eigenvalue weighted by Crippen LogP contribution is 2.46. The van der Waals surface area contributed by atoms with Gasteiger partial charge in [0.15, 0.2) is 0 Å². The van der Waals surface area contributed by atoms with Crippen LogP contribution in [0.5, 0.6) is 0 Å². The number of hydrogen-bond donors (Lipinski definition) is 1. The van der Waals surface area contributed by atoms with E-state index in [0.29, 0.717) is 23.9 Å². The van der Waals surface area contributed by atoms with Crippen LogP contribution in [-0.2, 0) is 9.53 Å². The number of anilines is 1. The molecular formula is C16H22ClN3O3. The van der Waals surface area contributed by atoms with Gasteiger partial charge in [0.05, 0.1) is 11.9 Å². The molecule has 1 saturated carbocycles. The predicted molar refractivity (Wildman–Crippen MR) is 88.6 cm³/mol. The quantitative estimate of drug-likeness (QED) is 0.638. The Morgan fingerprint density at radius 1 is 1.48 bits per heavy atom. The predicted octanol–water partition coefficient (Wildman–Crippen LogP) is 3.00. The molecule has 23 heavy (non-hydrogen) atoms. The van der Waals surface area contributed by atoms with Crippen LogP contribution < -0.4 is 10.2 Å². The summed E-state index contributed by atoms with van der Waals surface area (Å²) in [5.74, 6) is 0. The van der Waals surface area contributed by atoms with Gasteiger partial charge in [-0.25, -0.2) is 9.78 Å². The summed E-state index contributed by atoms with van der Waals surface area (Å²) in [6.07, 6.45) is 3.81. The van der Waals surface area contributed by atoms with Crippen molar-refractivity contribution in [1.29, 1.82) is 0 Å². The van der Waals surface area contributed by atoms with Crippen molar-refractivity contribution in [1.82, 2.24) is 10.3 Å². The third-order valence-corrected chi connectivity index (χ3v) is 3.86. The summed E-state index contributed by atoms with van der Waals surface area (Å²) in [5, 5.41) is 3.17. The van der Waals surface area contributed by atoms with E-state index in [1.165, 1.54) is 0 Å². The number of amides is 2. The number of pyridine rings is 1. The number of nitrogens with one attached hydrogen (secondary N) is 1. The van der Waals surface area contributed by atoms with E-state index in [1.807, 2.05) is 20.8 Å². The third kappa shape index (κ3) is 5.39. The van der Waals surface area contributed by atoms with E-state index in [1.54, 1.807) is 23.2 Å². The molecule has 2 amide bonds. The van der Waals surface area contributed by atoms with Gasteiger partial charge in [0.25, 0.3) is 0 Å². The van der Waals surface area contributed by atoms with Crippen LogP contribution in [0.25, 0.3) is 0 Å². The van der Waals surface area contributed by atoms with Gasteiger partial charge in [-0.05, 0) is 45.7 Å². The number of hydrogen-bond acceptors (Lipinski definition) is 4. The van der Waals surface area contributed by atoms with Gasteiger partial charge >= 0.3 is 6.09 Å². The van der Waals surface area contributed by atoms with Crippen LogP contribution in [0.4, 0.5) is 10.5 Å². The van der Waals surface area contributed by atoms with Crippen LogP contribution in [0.1, 0.15) is 33.6 Å². The van der Waals surface area contributed by atoms with E-state index in [2.05, 4.69) is 10.3 Å². The summed E-state index contributed by atoms with van der Waals surface area (Å²) in [6, 6.07) is 3.40. The van der Waals surface area contributed by atoms with E-state index >= 15 is 0 Å². The maximum Gasteiger partial charge on any atom is 0.407 e. The van der Waals surface area contributed by atoms with Crippen molar-refractivity contribution in [2.24, 2.45) is 5.41 Å². The molecule has 0 bridgehead atoms. The molecule has 1 N–H and O–H groups in total. The van der Waals surface area contributed by atoms with Gasteiger partial charge in [-0.2, -0.15) is 0 Å². The fourth-order valence-electron chi connectivity index (χ4n) is 2.23. The maximum absolute atomic E-state index is 11.8. The average molecular weight is 340 g/mol. The lowest BCUT2D eigenvalue weighted by Gasteiger charge is -2.25. The lowest BCUT2D eigenvalue weighted by molar-refractivity contribution is -0.107. The van der Waals surface area contributed by atoms with Gasteiger partial charge in [0, 0.05) is 18.5 Å². The van der Waals surface area contributed by atoms with E-state index in [-0.39, 0.29) is 5.41 Å². The van der Waals surface area contributed by atoms with Crippen molar-refractivity contribution in [2.75, 3.05) is 18.0 Å². The first-order valence-corrected chi connectivity index (χ1v) is 7.91. The smallest absolute Gasteiger partial charge is 0.407 e. The van der Waals surface area contributed by atoms with Crippen LogP contribution >= 0.6 is 11.6 Å². The second kappa shape index (κ2) is 6.74. The minimum absolute atomic E-state index is 0.0998. The van der Waals surface area contributed by atoms with Gasteiger partial charge in [0.2, 0.25) is 6.41 Å². The SMILES string of the molecule is CC(C)(C)OC(=O)NCC1(CN(C=O)c2ccc(Cl)nc2)CC1. The normalized spacial score (nSPS) is 15.7. The van der Waals surface area contributed by atoms with Crippen LogP contribution in [0.3, 0.4) is 0 Å². The zero-order chi connectivity index (χ0) is 17.1. The highest BCUT2D eigenvalue weighted by atomic mass is 35.5. The van der Waals surface area contributed by atoms with Crippen molar-refractivity contribution < 1.29 is 14.3 Å². The topological polar surface area (TPSA) is 71.5 Å². The van der Waals surface area contributed by atoms with Crippen molar-refractivity contribution >= 4 is 29.8 Å². The zero-order valence-corrected chi connectivity index (χ0v) is 14.4. The second-order valence-electron chi connectivity index (χ2n) is 6.93. The summed E-state index contributed by atoms with van der Waals surface area (Å²) in [4.78, 5) is 28.7. The fraction of sp³-hybridized carbons (Fsp3) is 0.562. The molecule has 0 aromatic carbocycles. The molecule has 1 aromatic rings. The number of rotatable bonds is 6. The number of carbonyl (C=O) groups is 2. The lowest BCUT2D eigenvalue weighted by Crippen LogP contribution is -2.40. The Morgan fingerprint density at radius 2 is 2.17 bits per heavy atom. The van der Waals surface area contributed by atoms with Crippen LogP contribution in [-0.4, -0.2) is 36.2 Å². The van der Waals surface area contributed by atoms with Crippen molar-refractivity contribution in [2.45, 2.75) is 39.2 Å². The average Bonchev–Trinajstić information content (AvgIpc) is 3.22. The Balaban J connectivity index is 1.91. The minimum atomic E-state index is -0.523.